The highest BCUT2D eigenvalue weighted by Gasteiger charge is 2.27. The Hall–Kier alpha value is -3.59. The lowest BCUT2D eigenvalue weighted by Gasteiger charge is -2.24. The number of ether oxygens (including phenoxy) is 2. The highest BCUT2D eigenvalue weighted by atomic mass is 19.1. The van der Waals surface area contributed by atoms with Crippen LogP contribution in [0.5, 0.6) is 5.75 Å². The van der Waals surface area contributed by atoms with E-state index in [2.05, 4.69) is 20.5 Å². The molecule has 1 aliphatic heterocycles. The van der Waals surface area contributed by atoms with Crippen LogP contribution >= 0.6 is 0 Å². The van der Waals surface area contributed by atoms with Gasteiger partial charge in [-0.25, -0.2) is 9.07 Å². The van der Waals surface area contributed by atoms with E-state index in [1.165, 1.54) is 12.1 Å². The average molecular weight is 407 g/mol. The van der Waals surface area contributed by atoms with Crippen LogP contribution in [0, 0.1) is 5.82 Å². The molecule has 0 saturated carbocycles. The number of hydrogen-bond donors (Lipinski definition) is 0. The molecule has 0 amide bonds. The summed E-state index contributed by atoms with van der Waals surface area (Å²) < 4.78 is 31.7. The van der Waals surface area contributed by atoms with Crippen molar-refractivity contribution in [3.8, 4) is 17.3 Å². The minimum Gasteiger partial charge on any atom is -0.497 e. The second kappa shape index (κ2) is 7.68. The van der Waals surface area contributed by atoms with Crippen molar-refractivity contribution < 1.29 is 18.4 Å². The average Bonchev–Trinajstić information content (AvgIpc) is 3.40. The van der Waals surface area contributed by atoms with Gasteiger partial charge in [-0.2, -0.15) is 4.98 Å². The van der Waals surface area contributed by atoms with Gasteiger partial charge in [-0.3, -0.25) is 0 Å². The topological polar surface area (TPSA) is 88.1 Å². The number of hydrogen-bond acceptors (Lipinski definition) is 7. The van der Waals surface area contributed by atoms with Gasteiger partial charge in [0.05, 0.1) is 32.4 Å². The van der Waals surface area contributed by atoms with Crippen LogP contribution < -0.4 is 4.74 Å². The SMILES string of the molecule is COc1ccc([C@H]2Cn3nnc(-c4noc(Cc5cccc(F)c5)n4)c3CO2)cc1. The standard InChI is InChI=1S/C21H18FN5O3/c1-28-16-7-5-14(6-8-16)18-11-27-17(12-29-18)20(24-26-27)21-23-19(30-25-21)10-13-3-2-4-15(22)9-13/h2-9,18H,10-12H2,1H3/t18-/m1/s1. The zero-order chi connectivity index (χ0) is 20.5. The van der Waals surface area contributed by atoms with Gasteiger partial charge in [0.2, 0.25) is 11.7 Å². The number of rotatable bonds is 5. The lowest BCUT2D eigenvalue weighted by Crippen LogP contribution is -2.22. The third-order valence-corrected chi connectivity index (χ3v) is 5.01. The molecule has 4 aromatic rings. The third-order valence-electron chi connectivity index (χ3n) is 5.01. The molecule has 2 aromatic heterocycles. The van der Waals surface area contributed by atoms with Crippen molar-refractivity contribution in [2.24, 2.45) is 0 Å². The summed E-state index contributed by atoms with van der Waals surface area (Å²) in [5, 5.41) is 12.5. The first-order valence-corrected chi connectivity index (χ1v) is 9.45. The van der Waals surface area contributed by atoms with E-state index in [-0.39, 0.29) is 11.9 Å². The number of nitrogens with zero attached hydrogens (tertiary/aromatic N) is 5. The minimum atomic E-state index is -0.303. The van der Waals surface area contributed by atoms with Crippen LogP contribution in [0.25, 0.3) is 11.5 Å². The largest absolute Gasteiger partial charge is 0.497 e. The highest BCUT2D eigenvalue weighted by molar-refractivity contribution is 5.51. The molecule has 0 bridgehead atoms. The second-order valence-electron chi connectivity index (χ2n) is 6.96. The number of aromatic nitrogens is 5. The Labute approximate surface area is 171 Å². The van der Waals surface area contributed by atoms with Gasteiger partial charge in [0, 0.05) is 0 Å². The van der Waals surface area contributed by atoms with Crippen molar-refractivity contribution in [1.82, 2.24) is 25.1 Å². The first-order valence-electron chi connectivity index (χ1n) is 9.45. The Balaban J connectivity index is 1.33. The molecule has 0 radical (unpaired) electrons. The quantitative estimate of drug-likeness (QED) is 0.501. The first kappa shape index (κ1) is 18.4. The van der Waals surface area contributed by atoms with Crippen molar-refractivity contribution in [2.45, 2.75) is 25.7 Å². The van der Waals surface area contributed by atoms with E-state index in [1.807, 2.05) is 24.3 Å². The van der Waals surface area contributed by atoms with Crippen LogP contribution in [0.1, 0.15) is 28.8 Å². The van der Waals surface area contributed by atoms with Gasteiger partial charge in [0.1, 0.15) is 17.7 Å². The summed E-state index contributed by atoms with van der Waals surface area (Å²) in [6, 6.07) is 14.0. The van der Waals surface area contributed by atoms with E-state index in [0.717, 1.165) is 22.6 Å². The molecule has 0 spiro atoms. The monoisotopic (exact) mass is 407 g/mol. The molecule has 0 unspecified atom stereocenters. The zero-order valence-corrected chi connectivity index (χ0v) is 16.2. The van der Waals surface area contributed by atoms with E-state index in [1.54, 1.807) is 23.9 Å². The van der Waals surface area contributed by atoms with Gasteiger partial charge in [-0.1, -0.05) is 34.6 Å². The predicted molar refractivity (Wildman–Crippen MR) is 103 cm³/mol. The molecule has 2 aromatic carbocycles. The van der Waals surface area contributed by atoms with E-state index in [9.17, 15) is 4.39 Å². The van der Waals surface area contributed by atoms with E-state index in [4.69, 9.17) is 14.0 Å². The summed E-state index contributed by atoms with van der Waals surface area (Å²) in [5.74, 6) is 1.21. The smallest absolute Gasteiger partial charge is 0.231 e. The van der Waals surface area contributed by atoms with Crippen LogP contribution in [-0.2, 0) is 24.3 Å². The maximum atomic E-state index is 13.4. The molecular formula is C21H18FN5O3. The van der Waals surface area contributed by atoms with Crippen LogP contribution in [0.2, 0.25) is 0 Å². The van der Waals surface area contributed by atoms with Crippen molar-refractivity contribution in [1.29, 1.82) is 0 Å². The molecule has 0 saturated heterocycles. The Morgan fingerprint density at radius 3 is 2.87 bits per heavy atom. The fourth-order valence-corrected chi connectivity index (χ4v) is 3.45. The fourth-order valence-electron chi connectivity index (χ4n) is 3.45. The second-order valence-corrected chi connectivity index (χ2v) is 6.96. The summed E-state index contributed by atoms with van der Waals surface area (Å²) in [6.45, 7) is 0.857. The van der Waals surface area contributed by atoms with Gasteiger partial charge in [-0.15, -0.1) is 5.10 Å². The third kappa shape index (κ3) is 3.55. The predicted octanol–water partition coefficient (Wildman–Crippen LogP) is 3.34. The van der Waals surface area contributed by atoms with E-state index < -0.39 is 0 Å². The molecule has 1 atom stereocenters. The number of fused-ring (bicyclic) bond motifs is 1. The molecule has 8 nitrogen and oxygen atoms in total. The summed E-state index contributed by atoms with van der Waals surface area (Å²) in [6.07, 6.45) is 0.205. The summed E-state index contributed by atoms with van der Waals surface area (Å²) in [5.41, 5.74) is 3.10. The summed E-state index contributed by atoms with van der Waals surface area (Å²) >= 11 is 0. The number of benzene rings is 2. The Kier molecular flexibility index (Phi) is 4.72. The van der Waals surface area contributed by atoms with E-state index >= 15 is 0 Å². The molecular weight excluding hydrogens is 389 g/mol. The number of halogens is 1. The first-order chi connectivity index (χ1) is 14.7. The van der Waals surface area contributed by atoms with Gasteiger partial charge >= 0.3 is 0 Å². The molecule has 3 heterocycles. The molecule has 0 N–H and O–H groups in total. The Bertz CT molecular complexity index is 1170. The molecule has 9 heteroatoms. The van der Waals surface area contributed by atoms with Crippen LogP contribution in [-0.4, -0.2) is 32.2 Å². The molecule has 152 valence electrons. The maximum absolute atomic E-state index is 13.4. The maximum Gasteiger partial charge on any atom is 0.231 e. The summed E-state index contributed by atoms with van der Waals surface area (Å²) in [7, 11) is 1.64. The van der Waals surface area contributed by atoms with E-state index in [0.29, 0.717) is 37.0 Å². The fraction of sp³-hybridized carbons (Fsp3) is 0.238. The van der Waals surface area contributed by atoms with Crippen LogP contribution in [0.15, 0.2) is 53.1 Å². The molecule has 30 heavy (non-hydrogen) atoms. The lowest BCUT2D eigenvalue weighted by molar-refractivity contribution is -0.00114. The Morgan fingerprint density at radius 2 is 2.07 bits per heavy atom. The lowest BCUT2D eigenvalue weighted by atomic mass is 10.1. The van der Waals surface area contributed by atoms with Crippen molar-refractivity contribution in [3.63, 3.8) is 0 Å². The zero-order valence-electron chi connectivity index (χ0n) is 16.2. The van der Waals surface area contributed by atoms with Crippen molar-refractivity contribution >= 4 is 0 Å². The molecule has 0 aliphatic carbocycles. The molecule has 5 rings (SSSR count). The summed E-state index contributed by atoms with van der Waals surface area (Å²) in [4.78, 5) is 4.40. The molecule has 0 fully saturated rings. The molecule has 1 aliphatic rings. The van der Waals surface area contributed by atoms with Crippen molar-refractivity contribution in [2.75, 3.05) is 7.11 Å². The van der Waals surface area contributed by atoms with Crippen LogP contribution in [0.4, 0.5) is 4.39 Å². The highest BCUT2D eigenvalue weighted by Crippen LogP contribution is 2.30. The van der Waals surface area contributed by atoms with Gasteiger partial charge in [0.15, 0.2) is 5.69 Å². The van der Waals surface area contributed by atoms with Crippen molar-refractivity contribution in [3.05, 3.63) is 77.1 Å². The van der Waals surface area contributed by atoms with Gasteiger partial charge < -0.3 is 14.0 Å². The Morgan fingerprint density at radius 1 is 1.20 bits per heavy atom. The van der Waals surface area contributed by atoms with Gasteiger partial charge in [-0.05, 0) is 35.4 Å². The van der Waals surface area contributed by atoms with Crippen LogP contribution in [0.3, 0.4) is 0 Å². The number of methoxy groups -OCH3 is 1. The van der Waals surface area contributed by atoms with Gasteiger partial charge in [0.25, 0.3) is 0 Å². The minimum absolute atomic E-state index is 0.133. The normalized spacial score (nSPS) is 15.7.